The van der Waals surface area contributed by atoms with Crippen molar-refractivity contribution in [3.63, 3.8) is 0 Å². The molecule has 0 saturated carbocycles. The van der Waals surface area contributed by atoms with Crippen molar-refractivity contribution in [2.45, 2.75) is 6.42 Å². The minimum atomic E-state index is -0.0629. The summed E-state index contributed by atoms with van der Waals surface area (Å²) in [7, 11) is 0. The van der Waals surface area contributed by atoms with Crippen molar-refractivity contribution in [2.75, 3.05) is 32.8 Å². The average molecular weight is 373 g/mol. The van der Waals surface area contributed by atoms with Crippen LogP contribution in [0.25, 0.3) is 0 Å². The molecule has 2 amide bonds. The molecule has 0 aliphatic carbocycles. The molecule has 0 spiro atoms. The first kappa shape index (κ1) is 18.3. The normalized spacial score (nSPS) is 14.2. The lowest BCUT2D eigenvalue weighted by Gasteiger charge is -2.34. The highest BCUT2D eigenvalue weighted by atomic mass is 35.5. The first-order valence-electron chi connectivity index (χ1n) is 8.60. The number of hydrogen-bond acceptors (Lipinski definition) is 3. The summed E-state index contributed by atoms with van der Waals surface area (Å²) >= 11 is 6.12. The van der Waals surface area contributed by atoms with Gasteiger partial charge in [0.2, 0.25) is 5.91 Å². The SMILES string of the molecule is O=C(COc1ccccc1)N1CCN(C(=O)Cc2ccccc2Cl)CC1. The monoisotopic (exact) mass is 372 g/mol. The summed E-state index contributed by atoms with van der Waals surface area (Å²) in [6.07, 6.45) is 0.282. The third-order valence-corrected chi connectivity index (χ3v) is 4.76. The van der Waals surface area contributed by atoms with Crippen LogP contribution in [-0.4, -0.2) is 54.4 Å². The van der Waals surface area contributed by atoms with E-state index in [2.05, 4.69) is 0 Å². The van der Waals surface area contributed by atoms with Crippen molar-refractivity contribution in [3.05, 3.63) is 65.2 Å². The predicted octanol–water partition coefficient (Wildman–Crippen LogP) is 2.63. The fourth-order valence-electron chi connectivity index (χ4n) is 2.87. The summed E-state index contributed by atoms with van der Waals surface area (Å²) in [5.74, 6) is 0.646. The Bertz CT molecular complexity index is 759. The largest absolute Gasteiger partial charge is 0.484 e. The molecular weight excluding hydrogens is 352 g/mol. The Balaban J connectivity index is 1.45. The number of para-hydroxylation sites is 1. The van der Waals surface area contributed by atoms with Gasteiger partial charge in [-0.15, -0.1) is 0 Å². The molecule has 1 saturated heterocycles. The zero-order valence-electron chi connectivity index (χ0n) is 14.4. The van der Waals surface area contributed by atoms with Crippen LogP contribution in [0.5, 0.6) is 5.75 Å². The number of hydrogen-bond donors (Lipinski definition) is 0. The molecule has 2 aromatic rings. The van der Waals surface area contributed by atoms with Crippen LogP contribution < -0.4 is 4.74 Å². The highest BCUT2D eigenvalue weighted by molar-refractivity contribution is 6.31. The Morgan fingerprint density at radius 2 is 1.42 bits per heavy atom. The van der Waals surface area contributed by atoms with Crippen molar-refractivity contribution in [2.24, 2.45) is 0 Å². The predicted molar refractivity (Wildman–Crippen MR) is 100 cm³/mol. The fraction of sp³-hybridized carbons (Fsp3) is 0.300. The lowest BCUT2D eigenvalue weighted by atomic mass is 10.1. The second-order valence-corrected chi connectivity index (χ2v) is 6.54. The van der Waals surface area contributed by atoms with Crippen LogP contribution in [0.3, 0.4) is 0 Å². The highest BCUT2D eigenvalue weighted by Crippen LogP contribution is 2.17. The topological polar surface area (TPSA) is 49.9 Å². The molecule has 2 aromatic carbocycles. The molecule has 26 heavy (non-hydrogen) atoms. The molecule has 0 unspecified atom stereocenters. The van der Waals surface area contributed by atoms with E-state index in [1.54, 1.807) is 15.9 Å². The highest BCUT2D eigenvalue weighted by Gasteiger charge is 2.24. The quantitative estimate of drug-likeness (QED) is 0.810. The van der Waals surface area contributed by atoms with Crippen LogP contribution in [0, 0.1) is 0 Å². The van der Waals surface area contributed by atoms with Crippen LogP contribution in [0.4, 0.5) is 0 Å². The number of ether oxygens (including phenoxy) is 1. The van der Waals surface area contributed by atoms with Crippen molar-refractivity contribution in [1.82, 2.24) is 9.80 Å². The molecule has 0 aromatic heterocycles. The van der Waals surface area contributed by atoms with Crippen molar-refractivity contribution in [3.8, 4) is 5.75 Å². The van der Waals surface area contributed by atoms with E-state index in [0.717, 1.165) is 5.56 Å². The summed E-state index contributed by atoms with van der Waals surface area (Å²) in [6, 6.07) is 16.6. The molecule has 0 atom stereocenters. The Kier molecular flexibility index (Phi) is 6.12. The fourth-order valence-corrected chi connectivity index (χ4v) is 3.08. The van der Waals surface area contributed by atoms with E-state index in [4.69, 9.17) is 16.3 Å². The third kappa shape index (κ3) is 4.76. The zero-order valence-corrected chi connectivity index (χ0v) is 15.2. The molecule has 6 heteroatoms. The van der Waals surface area contributed by atoms with Crippen molar-refractivity contribution >= 4 is 23.4 Å². The molecule has 3 rings (SSSR count). The Morgan fingerprint density at radius 1 is 0.846 bits per heavy atom. The van der Waals surface area contributed by atoms with E-state index < -0.39 is 0 Å². The number of rotatable bonds is 5. The van der Waals surface area contributed by atoms with Gasteiger partial charge in [0.05, 0.1) is 6.42 Å². The second kappa shape index (κ2) is 8.72. The molecule has 0 N–H and O–H groups in total. The van der Waals surface area contributed by atoms with E-state index in [-0.39, 0.29) is 24.8 Å². The molecule has 1 heterocycles. The molecule has 1 fully saturated rings. The zero-order chi connectivity index (χ0) is 18.4. The Hall–Kier alpha value is -2.53. The first-order chi connectivity index (χ1) is 12.6. The van der Waals surface area contributed by atoms with Crippen LogP contribution in [-0.2, 0) is 16.0 Å². The van der Waals surface area contributed by atoms with E-state index in [1.807, 2.05) is 48.5 Å². The van der Waals surface area contributed by atoms with Gasteiger partial charge in [-0.3, -0.25) is 9.59 Å². The summed E-state index contributed by atoms with van der Waals surface area (Å²) < 4.78 is 5.50. The number of nitrogens with zero attached hydrogens (tertiary/aromatic N) is 2. The lowest BCUT2D eigenvalue weighted by Crippen LogP contribution is -2.52. The van der Waals surface area contributed by atoms with Crippen molar-refractivity contribution in [1.29, 1.82) is 0 Å². The van der Waals surface area contributed by atoms with E-state index in [0.29, 0.717) is 37.0 Å². The Labute approximate surface area is 158 Å². The van der Waals surface area contributed by atoms with Gasteiger partial charge in [-0.1, -0.05) is 48.0 Å². The van der Waals surface area contributed by atoms with E-state index >= 15 is 0 Å². The number of halogens is 1. The maximum Gasteiger partial charge on any atom is 0.260 e. The van der Waals surface area contributed by atoms with Crippen LogP contribution in [0.15, 0.2) is 54.6 Å². The van der Waals surface area contributed by atoms with Gasteiger partial charge >= 0.3 is 0 Å². The molecule has 1 aliphatic heterocycles. The minimum Gasteiger partial charge on any atom is -0.484 e. The molecular formula is C20H21ClN2O3. The molecule has 0 radical (unpaired) electrons. The van der Waals surface area contributed by atoms with Gasteiger partial charge in [-0.25, -0.2) is 0 Å². The molecule has 136 valence electrons. The molecule has 5 nitrogen and oxygen atoms in total. The molecule has 0 bridgehead atoms. The number of carbonyl (C=O) groups excluding carboxylic acids is 2. The summed E-state index contributed by atoms with van der Waals surface area (Å²) in [5.41, 5.74) is 0.828. The summed E-state index contributed by atoms with van der Waals surface area (Å²) in [4.78, 5) is 28.2. The summed E-state index contributed by atoms with van der Waals surface area (Å²) in [5, 5.41) is 0.604. The smallest absolute Gasteiger partial charge is 0.260 e. The van der Waals surface area contributed by atoms with Gasteiger partial charge in [-0.05, 0) is 23.8 Å². The molecule has 1 aliphatic rings. The maximum absolute atomic E-state index is 12.4. The van der Waals surface area contributed by atoms with Gasteiger partial charge < -0.3 is 14.5 Å². The van der Waals surface area contributed by atoms with Gasteiger partial charge in [-0.2, -0.15) is 0 Å². The minimum absolute atomic E-state index is 0.0115. The number of amides is 2. The van der Waals surface area contributed by atoms with Gasteiger partial charge in [0.15, 0.2) is 6.61 Å². The number of piperazine rings is 1. The lowest BCUT2D eigenvalue weighted by molar-refractivity contribution is -0.140. The van der Waals surface area contributed by atoms with Gasteiger partial charge in [0, 0.05) is 31.2 Å². The van der Waals surface area contributed by atoms with E-state index in [9.17, 15) is 9.59 Å². The standard InChI is InChI=1S/C20H21ClN2O3/c21-18-9-5-4-6-16(18)14-19(24)22-10-12-23(13-11-22)20(25)15-26-17-7-2-1-3-8-17/h1-9H,10-15H2. The number of carbonyl (C=O) groups is 2. The van der Waals surface area contributed by atoms with Gasteiger partial charge in [0.25, 0.3) is 5.91 Å². The first-order valence-corrected chi connectivity index (χ1v) is 8.98. The Morgan fingerprint density at radius 3 is 2.08 bits per heavy atom. The van der Waals surface area contributed by atoms with E-state index in [1.165, 1.54) is 0 Å². The van der Waals surface area contributed by atoms with Gasteiger partial charge in [0.1, 0.15) is 5.75 Å². The number of benzene rings is 2. The second-order valence-electron chi connectivity index (χ2n) is 6.13. The maximum atomic E-state index is 12.4. The van der Waals surface area contributed by atoms with Crippen LogP contribution in [0.2, 0.25) is 5.02 Å². The third-order valence-electron chi connectivity index (χ3n) is 4.39. The average Bonchev–Trinajstić information content (AvgIpc) is 2.69. The van der Waals surface area contributed by atoms with Crippen LogP contribution in [0.1, 0.15) is 5.56 Å². The van der Waals surface area contributed by atoms with Crippen molar-refractivity contribution < 1.29 is 14.3 Å². The van der Waals surface area contributed by atoms with Crippen LogP contribution >= 0.6 is 11.6 Å². The summed E-state index contributed by atoms with van der Waals surface area (Å²) in [6.45, 7) is 2.11.